The van der Waals surface area contributed by atoms with E-state index in [1.54, 1.807) is 0 Å². The van der Waals surface area contributed by atoms with Crippen molar-refractivity contribution in [2.75, 3.05) is 26.2 Å². The van der Waals surface area contributed by atoms with Gasteiger partial charge in [0.15, 0.2) is 0 Å². The Bertz CT molecular complexity index is 313. The van der Waals surface area contributed by atoms with Crippen molar-refractivity contribution < 1.29 is 9.90 Å². The smallest absolute Gasteiger partial charge is 0.240 e. The minimum Gasteiger partial charge on any atom is -0.396 e. The van der Waals surface area contributed by atoms with Crippen LogP contribution in [0.5, 0.6) is 0 Å². The lowest BCUT2D eigenvalue weighted by atomic mass is 9.92. The summed E-state index contributed by atoms with van der Waals surface area (Å²) >= 11 is 0. The summed E-state index contributed by atoms with van der Waals surface area (Å²) in [5, 5.41) is 12.6. The lowest BCUT2D eigenvalue weighted by Crippen LogP contribution is -2.49. The number of fused-ring (bicyclic) bond motifs is 1. The van der Waals surface area contributed by atoms with Gasteiger partial charge in [-0.15, -0.1) is 0 Å². The summed E-state index contributed by atoms with van der Waals surface area (Å²) in [7, 11) is 0. The first-order valence-corrected chi connectivity index (χ1v) is 7.42. The van der Waals surface area contributed by atoms with Crippen molar-refractivity contribution in [2.24, 2.45) is 17.8 Å². The molecule has 3 fully saturated rings. The number of rotatable bonds is 2. The van der Waals surface area contributed by atoms with E-state index in [4.69, 9.17) is 5.11 Å². The van der Waals surface area contributed by atoms with Crippen LogP contribution in [0.2, 0.25) is 0 Å². The number of carbonyl (C=O) groups excluding carboxylic acids is 1. The summed E-state index contributed by atoms with van der Waals surface area (Å²) in [5.41, 5.74) is 0. The third-order valence-corrected chi connectivity index (χ3v) is 5.20. The molecule has 0 bridgehead atoms. The number of carbonyl (C=O) groups is 1. The van der Waals surface area contributed by atoms with Crippen LogP contribution in [0.15, 0.2) is 0 Å². The molecule has 1 saturated carbocycles. The Hall–Kier alpha value is -0.610. The molecule has 18 heavy (non-hydrogen) atoms. The van der Waals surface area contributed by atoms with E-state index in [-0.39, 0.29) is 12.6 Å². The zero-order valence-electron chi connectivity index (χ0n) is 11.0. The van der Waals surface area contributed by atoms with E-state index >= 15 is 0 Å². The highest BCUT2D eigenvalue weighted by Gasteiger charge is 2.44. The Morgan fingerprint density at radius 2 is 2.00 bits per heavy atom. The minimum atomic E-state index is 0.0863. The van der Waals surface area contributed by atoms with Crippen molar-refractivity contribution >= 4 is 5.91 Å². The largest absolute Gasteiger partial charge is 0.396 e. The number of piperidine rings is 1. The highest BCUT2D eigenvalue weighted by Crippen LogP contribution is 2.38. The average Bonchev–Trinajstić information content (AvgIpc) is 3.00. The topological polar surface area (TPSA) is 52.6 Å². The number of hydrogen-bond acceptors (Lipinski definition) is 3. The van der Waals surface area contributed by atoms with Crippen LogP contribution in [0.3, 0.4) is 0 Å². The van der Waals surface area contributed by atoms with Gasteiger partial charge in [0, 0.05) is 19.7 Å². The van der Waals surface area contributed by atoms with Crippen molar-refractivity contribution in [1.82, 2.24) is 10.2 Å². The van der Waals surface area contributed by atoms with Gasteiger partial charge in [-0.1, -0.05) is 6.42 Å². The number of aliphatic hydroxyl groups excluding tert-OH is 1. The molecule has 3 rings (SSSR count). The van der Waals surface area contributed by atoms with E-state index < -0.39 is 0 Å². The number of amides is 1. The molecule has 2 heterocycles. The number of likely N-dealkylation sites (tertiary alicyclic amines) is 1. The molecule has 4 heteroatoms. The Labute approximate surface area is 109 Å². The van der Waals surface area contributed by atoms with E-state index in [1.807, 2.05) is 4.90 Å². The maximum absolute atomic E-state index is 12.5. The van der Waals surface area contributed by atoms with Crippen LogP contribution in [0.1, 0.15) is 32.1 Å². The normalized spacial score (nSPS) is 36.9. The maximum atomic E-state index is 12.5. The molecule has 2 saturated heterocycles. The van der Waals surface area contributed by atoms with Crippen LogP contribution in [-0.2, 0) is 4.79 Å². The zero-order chi connectivity index (χ0) is 12.5. The summed E-state index contributed by atoms with van der Waals surface area (Å²) in [6.07, 6.45) is 5.74. The van der Waals surface area contributed by atoms with Crippen molar-refractivity contribution in [1.29, 1.82) is 0 Å². The van der Waals surface area contributed by atoms with Gasteiger partial charge in [-0.05, 0) is 50.0 Å². The molecule has 0 aromatic rings. The maximum Gasteiger partial charge on any atom is 0.240 e. The average molecular weight is 252 g/mol. The Balaban J connectivity index is 1.58. The van der Waals surface area contributed by atoms with Crippen LogP contribution < -0.4 is 5.32 Å². The first kappa shape index (κ1) is 12.4. The summed E-state index contributed by atoms with van der Waals surface area (Å²) < 4.78 is 0. The monoisotopic (exact) mass is 252 g/mol. The third kappa shape index (κ3) is 2.16. The van der Waals surface area contributed by atoms with Crippen molar-refractivity contribution in [3.63, 3.8) is 0 Å². The van der Waals surface area contributed by atoms with Crippen LogP contribution >= 0.6 is 0 Å². The fourth-order valence-electron chi connectivity index (χ4n) is 3.99. The van der Waals surface area contributed by atoms with Gasteiger partial charge >= 0.3 is 0 Å². The summed E-state index contributed by atoms with van der Waals surface area (Å²) in [6.45, 7) is 2.97. The van der Waals surface area contributed by atoms with Crippen molar-refractivity contribution in [3.8, 4) is 0 Å². The highest BCUT2D eigenvalue weighted by atomic mass is 16.3. The molecule has 0 aromatic heterocycles. The quantitative estimate of drug-likeness (QED) is 0.757. The van der Waals surface area contributed by atoms with Gasteiger partial charge in [-0.25, -0.2) is 0 Å². The van der Waals surface area contributed by atoms with E-state index in [1.165, 1.54) is 19.3 Å². The number of hydrogen-bond donors (Lipinski definition) is 2. The van der Waals surface area contributed by atoms with E-state index in [9.17, 15) is 4.79 Å². The number of nitrogens with one attached hydrogen (secondary N) is 1. The van der Waals surface area contributed by atoms with Crippen LogP contribution in [0, 0.1) is 17.8 Å². The molecule has 2 aliphatic heterocycles. The molecule has 0 spiro atoms. The molecule has 3 aliphatic rings. The molecular weight excluding hydrogens is 228 g/mol. The van der Waals surface area contributed by atoms with E-state index in [2.05, 4.69) is 5.32 Å². The molecule has 1 amide bonds. The zero-order valence-corrected chi connectivity index (χ0v) is 11.0. The minimum absolute atomic E-state index is 0.0863. The molecule has 102 valence electrons. The summed E-state index contributed by atoms with van der Waals surface area (Å²) in [4.78, 5) is 14.6. The lowest BCUT2D eigenvalue weighted by Gasteiger charge is -2.34. The van der Waals surface area contributed by atoms with Gasteiger partial charge in [0.05, 0.1) is 6.04 Å². The fraction of sp³-hybridized carbons (Fsp3) is 0.929. The summed E-state index contributed by atoms with van der Waals surface area (Å²) in [6, 6.07) is 0.0863. The van der Waals surface area contributed by atoms with Crippen LogP contribution in [0.25, 0.3) is 0 Å². The van der Waals surface area contributed by atoms with Crippen LogP contribution in [-0.4, -0.2) is 48.2 Å². The van der Waals surface area contributed by atoms with Gasteiger partial charge in [-0.2, -0.15) is 0 Å². The molecule has 3 atom stereocenters. The van der Waals surface area contributed by atoms with Crippen molar-refractivity contribution in [3.05, 3.63) is 0 Å². The lowest BCUT2D eigenvalue weighted by molar-refractivity contribution is -0.135. The third-order valence-electron chi connectivity index (χ3n) is 5.20. The second-order valence-electron chi connectivity index (χ2n) is 6.19. The predicted octanol–water partition coefficient (Wildman–Crippen LogP) is 0.605. The van der Waals surface area contributed by atoms with Gasteiger partial charge in [0.1, 0.15) is 0 Å². The first-order valence-electron chi connectivity index (χ1n) is 7.42. The van der Waals surface area contributed by atoms with Gasteiger partial charge in [0.25, 0.3) is 0 Å². The number of aliphatic hydroxyl groups is 1. The molecule has 0 radical (unpaired) electrons. The fourth-order valence-corrected chi connectivity index (χ4v) is 3.99. The molecule has 1 aliphatic carbocycles. The number of nitrogens with zero attached hydrogens (tertiary/aromatic N) is 1. The molecule has 2 N–H and O–H groups in total. The summed E-state index contributed by atoms with van der Waals surface area (Å²) in [5.74, 6) is 2.06. The SMILES string of the molecule is O=C(C1NCC2CCCC21)N1CCC(CO)CC1. The molecular formula is C14H24N2O2. The Kier molecular flexibility index (Phi) is 3.57. The van der Waals surface area contributed by atoms with Gasteiger partial charge in [-0.3, -0.25) is 4.79 Å². The highest BCUT2D eigenvalue weighted by molar-refractivity contribution is 5.82. The molecule has 4 nitrogen and oxygen atoms in total. The Morgan fingerprint density at radius 3 is 2.72 bits per heavy atom. The van der Waals surface area contributed by atoms with E-state index in [0.717, 1.165) is 38.4 Å². The molecule has 3 unspecified atom stereocenters. The Morgan fingerprint density at radius 1 is 1.22 bits per heavy atom. The second-order valence-corrected chi connectivity index (χ2v) is 6.19. The molecule has 0 aromatic carbocycles. The van der Waals surface area contributed by atoms with Gasteiger partial charge in [0.2, 0.25) is 5.91 Å². The van der Waals surface area contributed by atoms with Gasteiger partial charge < -0.3 is 15.3 Å². The van der Waals surface area contributed by atoms with Crippen LogP contribution in [0.4, 0.5) is 0 Å². The first-order chi connectivity index (χ1) is 8.79. The second kappa shape index (κ2) is 5.17. The van der Waals surface area contributed by atoms with E-state index in [0.29, 0.717) is 17.7 Å². The van der Waals surface area contributed by atoms with Crippen molar-refractivity contribution in [2.45, 2.75) is 38.1 Å². The standard InChI is InChI=1S/C14H24N2O2/c17-9-10-4-6-16(7-5-10)14(18)13-12-3-1-2-11(12)8-15-13/h10-13,15,17H,1-9H2. The predicted molar refractivity (Wildman–Crippen MR) is 69.0 cm³/mol.